The van der Waals surface area contributed by atoms with E-state index in [1.807, 2.05) is 30.3 Å². The Bertz CT molecular complexity index is 522. The van der Waals surface area contributed by atoms with Crippen molar-refractivity contribution in [3.05, 3.63) is 53.7 Å². The van der Waals surface area contributed by atoms with E-state index in [9.17, 15) is 5.11 Å². The van der Waals surface area contributed by atoms with Crippen LogP contribution >= 0.6 is 0 Å². The van der Waals surface area contributed by atoms with E-state index in [2.05, 4.69) is 4.98 Å². The molecule has 0 saturated carbocycles. The van der Waals surface area contributed by atoms with Gasteiger partial charge in [-0.15, -0.1) is 0 Å². The third-order valence-electron chi connectivity index (χ3n) is 3.22. The Labute approximate surface area is 119 Å². The highest BCUT2D eigenvalue weighted by Crippen LogP contribution is 2.21. The highest BCUT2D eigenvalue weighted by atomic mass is 16.5. The van der Waals surface area contributed by atoms with Gasteiger partial charge < -0.3 is 14.6 Å². The van der Waals surface area contributed by atoms with Gasteiger partial charge in [0.05, 0.1) is 20.3 Å². The first-order valence-corrected chi connectivity index (χ1v) is 6.54. The number of ether oxygens (including phenoxy) is 2. The molecule has 20 heavy (non-hydrogen) atoms. The van der Waals surface area contributed by atoms with E-state index in [1.165, 1.54) is 5.56 Å². The van der Waals surface area contributed by atoms with Gasteiger partial charge in [-0.05, 0) is 42.2 Å². The lowest BCUT2D eigenvalue weighted by molar-refractivity contribution is 0.167. The van der Waals surface area contributed by atoms with Crippen molar-refractivity contribution in [1.29, 1.82) is 0 Å². The number of aromatic nitrogens is 1. The molecule has 0 radical (unpaired) electrons. The summed E-state index contributed by atoms with van der Waals surface area (Å²) >= 11 is 0. The van der Waals surface area contributed by atoms with Crippen LogP contribution in [-0.4, -0.2) is 24.3 Å². The summed E-state index contributed by atoms with van der Waals surface area (Å²) in [4.78, 5) is 4.10. The highest BCUT2D eigenvalue weighted by Gasteiger charge is 2.08. The van der Waals surface area contributed by atoms with E-state index >= 15 is 0 Å². The molecule has 0 spiro atoms. The van der Waals surface area contributed by atoms with Crippen molar-refractivity contribution in [2.45, 2.75) is 18.9 Å². The fraction of sp³-hybridized carbons (Fsp3) is 0.312. The molecule has 106 valence electrons. The number of methoxy groups -OCH3 is 2. The lowest BCUT2D eigenvalue weighted by Gasteiger charge is -2.11. The molecule has 4 heteroatoms. The normalized spacial score (nSPS) is 11.9. The summed E-state index contributed by atoms with van der Waals surface area (Å²) in [7, 11) is 3.22. The Hall–Kier alpha value is -2.07. The molecule has 2 rings (SSSR count). The second-order valence-electron chi connectivity index (χ2n) is 4.54. The van der Waals surface area contributed by atoms with Crippen LogP contribution in [-0.2, 0) is 6.42 Å². The molecule has 1 aromatic carbocycles. The van der Waals surface area contributed by atoms with E-state index < -0.39 is 6.10 Å². The molecule has 0 saturated heterocycles. The van der Waals surface area contributed by atoms with E-state index in [1.54, 1.807) is 26.5 Å². The fourth-order valence-corrected chi connectivity index (χ4v) is 1.97. The van der Waals surface area contributed by atoms with Crippen molar-refractivity contribution in [2.75, 3.05) is 14.2 Å². The maximum atomic E-state index is 10.1. The van der Waals surface area contributed by atoms with Gasteiger partial charge in [0, 0.05) is 12.3 Å². The Balaban J connectivity index is 1.91. The fourth-order valence-electron chi connectivity index (χ4n) is 1.97. The maximum Gasteiger partial charge on any atom is 0.212 e. The average molecular weight is 273 g/mol. The zero-order valence-corrected chi connectivity index (χ0v) is 11.7. The van der Waals surface area contributed by atoms with Crippen molar-refractivity contribution >= 4 is 0 Å². The minimum Gasteiger partial charge on any atom is -0.497 e. The van der Waals surface area contributed by atoms with Gasteiger partial charge in [0.15, 0.2) is 0 Å². The number of hydrogen-bond donors (Lipinski definition) is 1. The van der Waals surface area contributed by atoms with Crippen LogP contribution in [0.25, 0.3) is 0 Å². The molecule has 0 amide bonds. The number of nitrogens with zero attached hydrogens (tertiary/aromatic N) is 1. The molecular weight excluding hydrogens is 254 g/mol. The topological polar surface area (TPSA) is 51.6 Å². The van der Waals surface area contributed by atoms with E-state index in [0.29, 0.717) is 12.3 Å². The van der Waals surface area contributed by atoms with Crippen LogP contribution < -0.4 is 9.47 Å². The Morgan fingerprint density at radius 1 is 1.05 bits per heavy atom. The van der Waals surface area contributed by atoms with Gasteiger partial charge in [0.1, 0.15) is 5.75 Å². The molecule has 0 aliphatic heterocycles. The molecular formula is C16H19NO3. The number of rotatable bonds is 6. The summed E-state index contributed by atoms with van der Waals surface area (Å²) in [6.07, 6.45) is 2.59. The van der Waals surface area contributed by atoms with Crippen molar-refractivity contribution in [2.24, 2.45) is 0 Å². The van der Waals surface area contributed by atoms with Crippen molar-refractivity contribution in [3.8, 4) is 11.6 Å². The van der Waals surface area contributed by atoms with Crippen LogP contribution in [0.4, 0.5) is 0 Å². The van der Waals surface area contributed by atoms with Gasteiger partial charge in [0.25, 0.3) is 0 Å². The summed E-state index contributed by atoms with van der Waals surface area (Å²) < 4.78 is 10.1. The lowest BCUT2D eigenvalue weighted by Crippen LogP contribution is -2.01. The van der Waals surface area contributed by atoms with Crippen molar-refractivity contribution < 1.29 is 14.6 Å². The quantitative estimate of drug-likeness (QED) is 0.879. The van der Waals surface area contributed by atoms with Crippen molar-refractivity contribution in [1.82, 2.24) is 4.98 Å². The second kappa shape index (κ2) is 6.91. The van der Waals surface area contributed by atoms with Crippen LogP contribution in [0, 0.1) is 0 Å². The predicted molar refractivity (Wildman–Crippen MR) is 77.1 cm³/mol. The Morgan fingerprint density at radius 2 is 1.80 bits per heavy atom. The zero-order chi connectivity index (χ0) is 14.4. The minimum absolute atomic E-state index is 0.518. The summed E-state index contributed by atoms with van der Waals surface area (Å²) in [5, 5.41) is 10.1. The third kappa shape index (κ3) is 3.71. The van der Waals surface area contributed by atoms with Gasteiger partial charge in [0.2, 0.25) is 5.88 Å². The van der Waals surface area contributed by atoms with Gasteiger partial charge >= 0.3 is 0 Å². The van der Waals surface area contributed by atoms with Gasteiger partial charge in [-0.1, -0.05) is 12.1 Å². The monoisotopic (exact) mass is 273 g/mol. The number of aryl methyl sites for hydroxylation is 1. The van der Waals surface area contributed by atoms with Crippen LogP contribution in [0.1, 0.15) is 23.7 Å². The van der Waals surface area contributed by atoms with Crippen LogP contribution in [0.5, 0.6) is 11.6 Å². The largest absolute Gasteiger partial charge is 0.497 e. The summed E-state index contributed by atoms with van der Waals surface area (Å²) in [6, 6.07) is 11.5. The molecule has 1 N–H and O–H groups in total. The smallest absolute Gasteiger partial charge is 0.212 e. The first kappa shape index (κ1) is 14.3. The standard InChI is InChI=1S/C16H19NO3/c1-19-14-7-3-12(4-8-14)5-9-15(18)13-6-10-16(20-2)17-11-13/h3-4,6-8,10-11,15,18H,5,9H2,1-2H3. The van der Waals surface area contributed by atoms with Crippen molar-refractivity contribution in [3.63, 3.8) is 0 Å². The molecule has 0 bridgehead atoms. The number of pyridine rings is 1. The molecule has 1 heterocycles. The molecule has 1 atom stereocenters. The zero-order valence-electron chi connectivity index (χ0n) is 11.7. The first-order valence-electron chi connectivity index (χ1n) is 6.54. The van der Waals surface area contributed by atoms with Gasteiger partial charge in [-0.25, -0.2) is 4.98 Å². The number of aliphatic hydroxyl groups is 1. The lowest BCUT2D eigenvalue weighted by atomic mass is 10.0. The molecule has 2 aromatic rings. The molecule has 0 aliphatic carbocycles. The SMILES string of the molecule is COc1ccc(CCC(O)c2ccc(OC)nc2)cc1. The van der Waals surface area contributed by atoms with Crippen LogP contribution in [0.15, 0.2) is 42.6 Å². The van der Waals surface area contributed by atoms with E-state index in [4.69, 9.17) is 9.47 Å². The summed E-state index contributed by atoms with van der Waals surface area (Å²) in [6.45, 7) is 0. The van der Waals surface area contributed by atoms with Crippen LogP contribution in [0.3, 0.4) is 0 Å². The first-order chi connectivity index (χ1) is 9.72. The van der Waals surface area contributed by atoms with Crippen LogP contribution in [0.2, 0.25) is 0 Å². The third-order valence-corrected chi connectivity index (χ3v) is 3.22. The minimum atomic E-state index is -0.518. The number of aliphatic hydroxyl groups excluding tert-OH is 1. The number of hydrogen-bond acceptors (Lipinski definition) is 4. The molecule has 1 aromatic heterocycles. The summed E-state index contributed by atoms with van der Waals surface area (Å²) in [5.41, 5.74) is 1.98. The van der Waals surface area contributed by atoms with Gasteiger partial charge in [-0.2, -0.15) is 0 Å². The molecule has 0 aliphatic rings. The Morgan fingerprint density at radius 3 is 2.35 bits per heavy atom. The molecule has 4 nitrogen and oxygen atoms in total. The van der Waals surface area contributed by atoms with Gasteiger partial charge in [-0.3, -0.25) is 0 Å². The Kier molecular flexibility index (Phi) is 4.96. The van der Waals surface area contributed by atoms with E-state index in [0.717, 1.165) is 17.7 Å². The number of benzene rings is 1. The second-order valence-corrected chi connectivity index (χ2v) is 4.54. The maximum absolute atomic E-state index is 10.1. The molecule has 1 unspecified atom stereocenters. The van der Waals surface area contributed by atoms with E-state index in [-0.39, 0.29) is 0 Å². The predicted octanol–water partition coefficient (Wildman–Crippen LogP) is 2.77. The highest BCUT2D eigenvalue weighted by molar-refractivity contribution is 5.27. The average Bonchev–Trinajstić information content (AvgIpc) is 2.53. The molecule has 0 fully saturated rings. The summed E-state index contributed by atoms with van der Waals surface area (Å²) in [5.74, 6) is 1.39.